The maximum absolute atomic E-state index is 15.3. The van der Waals surface area contributed by atoms with Crippen LogP contribution in [0.3, 0.4) is 0 Å². The fourth-order valence-electron chi connectivity index (χ4n) is 4.58. The minimum Gasteiger partial charge on any atom is -0.472 e. The van der Waals surface area contributed by atoms with Crippen LogP contribution in [0.5, 0.6) is 5.88 Å². The molecule has 4 aromatic rings. The van der Waals surface area contributed by atoms with Gasteiger partial charge >= 0.3 is 0 Å². The second kappa shape index (κ2) is 11.4. The lowest BCUT2D eigenvalue weighted by Crippen LogP contribution is -2.48. The van der Waals surface area contributed by atoms with Gasteiger partial charge in [-0.15, -0.1) is 0 Å². The van der Waals surface area contributed by atoms with Gasteiger partial charge in [0.1, 0.15) is 12.4 Å². The Morgan fingerprint density at radius 1 is 0.892 bits per heavy atom. The lowest BCUT2D eigenvalue weighted by atomic mass is 10.0. The van der Waals surface area contributed by atoms with Gasteiger partial charge in [-0.05, 0) is 42.3 Å². The number of aromatic nitrogens is 1. The van der Waals surface area contributed by atoms with E-state index in [1.54, 1.807) is 6.07 Å². The van der Waals surface area contributed by atoms with Gasteiger partial charge in [0, 0.05) is 43.0 Å². The number of carbonyl (C=O) groups is 1. The Morgan fingerprint density at radius 2 is 1.59 bits per heavy atom. The Labute approximate surface area is 217 Å². The molecule has 0 radical (unpaired) electrons. The van der Waals surface area contributed by atoms with Crippen LogP contribution in [0.25, 0.3) is 11.1 Å². The third kappa shape index (κ3) is 6.04. The fraction of sp³-hybridized carbons (Fsp3) is 0.226. The summed E-state index contributed by atoms with van der Waals surface area (Å²) in [6, 6.07) is 28.4. The van der Waals surface area contributed by atoms with E-state index in [9.17, 15) is 4.79 Å². The molecule has 1 fully saturated rings. The van der Waals surface area contributed by atoms with Crippen LogP contribution in [0.2, 0.25) is 0 Å². The SMILES string of the molecule is Cc1ccc(-c2ccc(N3CCN(CC(=O)c4ccccc4)CC3)c(F)c2)c(OCc2ccccc2)n1. The molecule has 3 aromatic carbocycles. The van der Waals surface area contributed by atoms with E-state index in [0.29, 0.717) is 50.9 Å². The number of hydrogen-bond acceptors (Lipinski definition) is 5. The second-order valence-corrected chi connectivity index (χ2v) is 9.30. The van der Waals surface area contributed by atoms with Gasteiger partial charge in [0.15, 0.2) is 5.78 Å². The van der Waals surface area contributed by atoms with Gasteiger partial charge in [-0.2, -0.15) is 0 Å². The van der Waals surface area contributed by atoms with Crippen molar-refractivity contribution in [3.05, 3.63) is 114 Å². The number of benzene rings is 3. The Hall–Kier alpha value is -4.03. The van der Waals surface area contributed by atoms with Crippen molar-refractivity contribution in [2.24, 2.45) is 0 Å². The average molecular weight is 496 g/mol. The van der Waals surface area contributed by atoms with Crippen molar-refractivity contribution in [1.29, 1.82) is 0 Å². The predicted octanol–water partition coefficient (Wildman–Crippen LogP) is 5.78. The number of aryl methyl sites for hydroxylation is 1. The Morgan fingerprint density at radius 3 is 2.30 bits per heavy atom. The molecular formula is C31H30FN3O2. The molecule has 0 spiro atoms. The van der Waals surface area contributed by atoms with E-state index in [0.717, 1.165) is 27.9 Å². The highest BCUT2D eigenvalue weighted by atomic mass is 19.1. The maximum atomic E-state index is 15.3. The monoisotopic (exact) mass is 495 g/mol. The van der Waals surface area contributed by atoms with Crippen LogP contribution in [0.1, 0.15) is 21.6 Å². The molecule has 0 atom stereocenters. The fourth-order valence-corrected chi connectivity index (χ4v) is 4.58. The van der Waals surface area contributed by atoms with E-state index in [1.165, 1.54) is 0 Å². The summed E-state index contributed by atoms with van der Waals surface area (Å²) in [4.78, 5) is 21.3. The number of hydrogen-bond donors (Lipinski definition) is 0. The molecule has 1 saturated heterocycles. The van der Waals surface area contributed by atoms with Crippen molar-refractivity contribution in [2.75, 3.05) is 37.6 Å². The van der Waals surface area contributed by atoms with Crippen LogP contribution < -0.4 is 9.64 Å². The molecule has 0 unspecified atom stereocenters. The lowest BCUT2D eigenvalue weighted by Gasteiger charge is -2.36. The highest BCUT2D eigenvalue weighted by molar-refractivity contribution is 5.97. The van der Waals surface area contributed by atoms with E-state index in [1.807, 2.05) is 96.8 Å². The summed E-state index contributed by atoms with van der Waals surface area (Å²) >= 11 is 0. The molecular weight excluding hydrogens is 465 g/mol. The quantitative estimate of drug-likeness (QED) is 0.290. The molecule has 5 nitrogen and oxygen atoms in total. The Bertz CT molecular complexity index is 1350. The number of halogens is 1. The van der Waals surface area contributed by atoms with Crippen molar-refractivity contribution >= 4 is 11.5 Å². The minimum absolute atomic E-state index is 0.113. The first kappa shape index (κ1) is 24.7. The summed E-state index contributed by atoms with van der Waals surface area (Å²) < 4.78 is 21.4. The van der Waals surface area contributed by atoms with Crippen LogP contribution in [0, 0.1) is 12.7 Å². The summed E-state index contributed by atoms with van der Waals surface area (Å²) in [5.41, 5.74) is 4.67. The third-order valence-corrected chi connectivity index (χ3v) is 6.65. The Balaban J connectivity index is 1.25. The van der Waals surface area contributed by atoms with Gasteiger partial charge in [-0.25, -0.2) is 9.37 Å². The standard InChI is InChI=1S/C31H30FN3O2/c1-23-12-14-27(31(33-23)37-22-24-8-4-2-5-9-24)26-13-15-29(28(32)20-26)35-18-16-34(17-19-35)21-30(36)25-10-6-3-7-11-25/h2-15,20H,16-19,21-22H2,1H3. The number of pyridine rings is 1. The number of ether oxygens (including phenoxy) is 1. The van der Waals surface area contributed by atoms with Gasteiger partial charge in [0.05, 0.1) is 12.2 Å². The molecule has 1 aliphatic rings. The first-order valence-corrected chi connectivity index (χ1v) is 12.6. The topological polar surface area (TPSA) is 45.7 Å². The van der Waals surface area contributed by atoms with Crippen molar-refractivity contribution in [3.63, 3.8) is 0 Å². The maximum Gasteiger partial charge on any atom is 0.221 e. The van der Waals surface area contributed by atoms with Crippen LogP contribution >= 0.6 is 0 Å². The third-order valence-electron chi connectivity index (χ3n) is 6.65. The molecule has 0 saturated carbocycles. The molecule has 1 aromatic heterocycles. The predicted molar refractivity (Wildman–Crippen MR) is 145 cm³/mol. The molecule has 1 aliphatic heterocycles. The largest absolute Gasteiger partial charge is 0.472 e. The van der Waals surface area contributed by atoms with Crippen LogP contribution in [-0.4, -0.2) is 48.4 Å². The number of ketones is 1. The van der Waals surface area contributed by atoms with E-state index >= 15 is 4.39 Å². The molecule has 0 bridgehead atoms. The zero-order chi connectivity index (χ0) is 25.6. The normalized spacial score (nSPS) is 13.9. The number of piperazine rings is 1. The summed E-state index contributed by atoms with van der Waals surface area (Å²) in [7, 11) is 0. The number of carbonyl (C=O) groups excluding carboxylic acids is 1. The van der Waals surface area contributed by atoms with Gasteiger partial charge < -0.3 is 9.64 Å². The molecule has 2 heterocycles. The molecule has 0 N–H and O–H groups in total. The highest BCUT2D eigenvalue weighted by Crippen LogP contribution is 2.32. The number of Topliss-reactive ketones (excluding diaryl/α,β-unsaturated/α-hetero) is 1. The van der Waals surface area contributed by atoms with E-state index in [4.69, 9.17) is 4.74 Å². The molecule has 0 aliphatic carbocycles. The number of nitrogens with zero attached hydrogens (tertiary/aromatic N) is 3. The molecule has 6 heteroatoms. The van der Waals surface area contributed by atoms with Gasteiger partial charge in [0.2, 0.25) is 5.88 Å². The summed E-state index contributed by atoms with van der Waals surface area (Å²) in [5, 5.41) is 0. The summed E-state index contributed by atoms with van der Waals surface area (Å²) in [6.07, 6.45) is 0. The van der Waals surface area contributed by atoms with Crippen molar-refractivity contribution in [1.82, 2.24) is 9.88 Å². The van der Waals surface area contributed by atoms with Gasteiger partial charge in [-0.1, -0.05) is 66.7 Å². The van der Waals surface area contributed by atoms with Crippen LogP contribution in [0.15, 0.2) is 91.0 Å². The number of rotatable bonds is 8. The van der Waals surface area contributed by atoms with E-state index < -0.39 is 0 Å². The van der Waals surface area contributed by atoms with Crippen molar-refractivity contribution < 1.29 is 13.9 Å². The summed E-state index contributed by atoms with van der Waals surface area (Å²) in [6.45, 7) is 5.42. The van der Waals surface area contributed by atoms with Gasteiger partial charge in [-0.3, -0.25) is 9.69 Å². The van der Waals surface area contributed by atoms with Crippen molar-refractivity contribution in [3.8, 4) is 17.0 Å². The second-order valence-electron chi connectivity index (χ2n) is 9.30. The van der Waals surface area contributed by atoms with Crippen LogP contribution in [0.4, 0.5) is 10.1 Å². The molecule has 188 valence electrons. The zero-order valence-electron chi connectivity index (χ0n) is 20.9. The van der Waals surface area contributed by atoms with E-state index in [2.05, 4.69) is 9.88 Å². The van der Waals surface area contributed by atoms with Gasteiger partial charge in [0.25, 0.3) is 0 Å². The highest BCUT2D eigenvalue weighted by Gasteiger charge is 2.22. The molecule has 5 rings (SSSR count). The Kier molecular flexibility index (Phi) is 7.57. The summed E-state index contributed by atoms with van der Waals surface area (Å²) in [5.74, 6) is 0.329. The van der Waals surface area contributed by atoms with Crippen LogP contribution in [-0.2, 0) is 6.61 Å². The molecule has 0 amide bonds. The minimum atomic E-state index is -0.277. The average Bonchev–Trinajstić information content (AvgIpc) is 2.93. The van der Waals surface area contributed by atoms with Crippen molar-refractivity contribution in [2.45, 2.75) is 13.5 Å². The molecule has 37 heavy (non-hydrogen) atoms. The zero-order valence-corrected chi connectivity index (χ0v) is 20.9. The number of anilines is 1. The smallest absolute Gasteiger partial charge is 0.221 e. The first-order valence-electron chi connectivity index (χ1n) is 12.6. The lowest BCUT2D eigenvalue weighted by molar-refractivity contribution is 0.0926. The first-order chi connectivity index (χ1) is 18.1. The van der Waals surface area contributed by atoms with E-state index in [-0.39, 0.29) is 11.6 Å².